The summed E-state index contributed by atoms with van der Waals surface area (Å²) in [5, 5.41) is 0. The van der Waals surface area contributed by atoms with Gasteiger partial charge in [0, 0.05) is 36.6 Å². The molecule has 0 amide bonds. The van der Waals surface area contributed by atoms with Crippen LogP contribution in [0.3, 0.4) is 0 Å². The highest BCUT2D eigenvalue weighted by Crippen LogP contribution is 2.23. The maximum Gasteiger partial charge on any atom is 0.225 e. The van der Waals surface area contributed by atoms with Crippen LogP contribution in [0.4, 0.5) is 5.95 Å². The van der Waals surface area contributed by atoms with Crippen LogP contribution in [0.25, 0.3) is 0 Å². The number of hydrogen-bond acceptors (Lipinski definition) is 5. The van der Waals surface area contributed by atoms with Gasteiger partial charge < -0.3 is 10.6 Å². The first-order chi connectivity index (χ1) is 11.0. The molecule has 3 heterocycles. The molecule has 0 aromatic carbocycles. The van der Waals surface area contributed by atoms with Gasteiger partial charge in [-0.15, -0.1) is 24.8 Å². The number of nitrogens with zero attached hydrogens (tertiary/aromatic N) is 4. The van der Waals surface area contributed by atoms with Crippen molar-refractivity contribution in [3.63, 3.8) is 0 Å². The van der Waals surface area contributed by atoms with Crippen molar-refractivity contribution in [1.82, 2.24) is 14.9 Å². The van der Waals surface area contributed by atoms with Crippen LogP contribution in [0.15, 0.2) is 6.07 Å². The molecule has 0 aliphatic carbocycles. The molecule has 2 aliphatic heterocycles. The normalized spacial score (nSPS) is 22.0. The number of anilines is 1. The summed E-state index contributed by atoms with van der Waals surface area (Å²) in [5.41, 5.74) is 8.29. The zero-order chi connectivity index (χ0) is 16.4. The Labute approximate surface area is 164 Å². The number of nitrogens with two attached hydrogens (primary N) is 1. The highest BCUT2D eigenvalue weighted by atomic mass is 35.5. The third-order valence-electron chi connectivity index (χ3n) is 5.05. The van der Waals surface area contributed by atoms with Crippen LogP contribution in [-0.4, -0.2) is 53.1 Å². The Hall–Kier alpha value is -0.620. The molecule has 2 aliphatic rings. The van der Waals surface area contributed by atoms with Crippen molar-refractivity contribution in [1.29, 1.82) is 0 Å². The van der Waals surface area contributed by atoms with E-state index in [1.54, 1.807) is 0 Å². The van der Waals surface area contributed by atoms with Crippen LogP contribution in [0, 0.1) is 12.8 Å². The summed E-state index contributed by atoms with van der Waals surface area (Å²) in [5.74, 6) is 1.55. The first-order valence-electron chi connectivity index (χ1n) is 9.10. The monoisotopic (exact) mass is 389 g/mol. The van der Waals surface area contributed by atoms with E-state index in [4.69, 9.17) is 15.7 Å². The van der Waals surface area contributed by atoms with Gasteiger partial charge >= 0.3 is 0 Å². The average molecular weight is 390 g/mol. The highest BCUT2D eigenvalue weighted by molar-refractivity contribution is 5.85. The minimum Gasteiger partial charge on any atom is -0.339 e. The minimum absolute atomic E-state index is 0. The third kappa shape index (κ3) is 5.95. The summed E-state index contributed by atoms with van der Waals surface area (Å²) < 4.78 is 0. The van der Waals surface area contributed by atoms with Crippen LogP contribution in [0.1, 0.15) is 44.5 Å². The van der Waals surface area contributed by atoms with E-state index in [9.17, 15) is 0 Å². The molecule has 0 radical (unpaired) electrons. The van der Waals surface area contributed by atoms with Gasteiger partial charge in [-0.05, 0) is 57.7 Å². The molecule has 144 valence electrons. The second kappa shape index (κ2) is 9.91. The first kappa shape index (κ1) is 22.4. The van der Waals surface area contributed by atoms with Crippen molar-refractivity contribution >= 4 is 30.8 Å². The Morgan fingerprint density at radius 3 is 2.44 bits per heavy atom. The smallest absolute Gasteiger partial charge is 0.225 e. The molecule has 3 rings (SSSR count). The Balaban J connectivity index is 0.00000156. The summed E-state index contributed by atoms with van der Waals surface area (Å²) in [4.78, 5) is 14.5. The van der Waals surface area contributed by atoms with E-state index in [-0.39, 0.29) is 24.8 Å². The SMILES string of the molecule is Cc1cc(CC(C)C)nc(N2CCC(N3CCC(N)CC3)C2)n1.Cl.Cl. The molecule has 2 N–H and O–H groups in total. The van der Waals surface area contributed by atoms with E-state index in [2.05, 4.69) is 36.6 Å². The topological polar surface area (TPSA) is 58.3 Å². The number of aromatic nitrogens is 2. The van der Waals surface area contributed by atoms with E-state index in [1.807, 2.05) is 0 Å². The largest absolute Gasteiger partial charge is 0.339 e. The van der Waals surface area contributed by atoms with Gasteiger partial charge in [-0.25, -0.2) is 9.97 Å². The molecule has 2 saturated heterocycles. The standard InChI is InChI=1S/C18H31N5.2ClH/c1-13(2)10-16-11-14(3)20-18(21-16)23-9-6-17(12-23)22-7-4-15(19)5-8-22;;/h11,13,15,17H,4-10,12,19H2,1-3H3;2*1H. The minimum atomic E-state index is 0. The lowest BCUT2D eigenvalue weighted by Crippen LogP contribution is -2.46. The maximum atomic E-state index is 6.03. The zero-order valence-corrected chi connectivity index (χ0v) is 17.3. The van der Waals surface area contributed by atoms with Crippen LogP contribution >= 0.6 is 24.8 Å². The quantitative estimate of drug-likeness (QED) is 0.857. The van der Waals surface area contributed by atoms with E-state index in [0.29, 0.717) is 18.0 Å². The molecule has 5 nitrogen and oxygen atoms in total. The van der Waals surface area contributed by atoms with Gasteiger partial charge in [0.1, 0.15) is 0 Å². The molecule has 25 heavy (non-hydrogen) atoms. The number of likely N-dealkylation sites (tertiary alicyclic amines) is 1. The van der Waals surface area contributed by atoms with E-state index >= 15 is 0 Å². The maximum absolute atomic E-state index is 6.03. The van der Waals surface area contributed by atoms with E-state index < -0.39 is 0 Å². The second-order valence-corrected chi connectivity index (χ2v) is 7.66. The van der Waals surface area contributed by atoms with Crippen LogP contribution in [-0.2, 0) is 6.42 Å². The molecule has 0 spiro atoms. The zero-order valence-electron chi connectivity index (χ0n) is 15.6. The third-order valence-corrected chi connectivity index (χ3v) is 5.05. The molecule has 1 unspecified atom stereocenters. The molecule has 0 saturated carbocycles. The van der Waals surface area contributed by atoms with Crippen LogP contribution < -0.4 is 10.6 Å². The van der Waals surface area contributed by atoms with Gasteiger partial charge in [0.15, 0.2) is 0 Å². The van der Waals surface area contributed by atoms with Gasteiger partial charge in [-0.2, -0.15) is 0 Å². The average Bonchev–Trinajstić information content (AvgIpc) is 2.96. The lowest BCUT2D eigenvalue weighted by Gasteiger charge is -2.34. The van der Waals surface area contributed by atoms with Crippen molar-refractivity contribution < 1.29 is 0 Å². The van der Waals surface area contributed by atoms with Gasteiger partial charge in [0.25, 0.3) is 0 Å². The van der Waals surface area contributed by atoms with E-state index in [1.165, 1.54) is 12.1 Å². The molecule has 7 heteroatoms. The summed E-state index contributed by atoms with van der Waals surface area (Å²) in [7, 11) is 0. The number of halogens is 2. The van der Waals surface area contributed by atoms with Crippen molar-refractivity contribution in [2.45, 2.75) is 58.5 Å². The van der Waals surface area contributed by atoms with Crippen molar-refractivity contribution in [2.24, 2.45) is 11.7 Å². The number of aryl methyl sites for hydroxylation is 1. The molecular weight excluding hydrogens is 357 g/mol. The first-order valence-corrected chi connectivity index (χ1v) is 9.10. The molecule has 1 aromatic rings. The molecular formula is C18H33Cl2N5. The summed E-state index contributed by atoms with van der Waals surface area (Å²) in [6.07, 6.45) is 4.51. The van der Waals surface area contributed by atoms with Crippen molar-refractivity contribution in [3.8, 4) is 0 Å². The molecule has 1 atom stereocenters. The van der Waals surface area contributed by atoms with Crippen LogP contribution in [0.5, 0.6) is 0 Å². The van der Waals surface area contributed by atoms with Crippen molar-refractivity contribution in [3.05, 3.63) is 17.5 Å². The fraction of sp³-hybridized carbons (Fsp3) is 0.778. The Morgan fingerprint density at radius 2 is 1.80 bits per heavy atom. The Kier molecular flexibility index (Phi) is 8.89. The number of hydrogen-bond donors (Lipinski definition) is 1. The van der Waals surface area contributed by atoms with Gasteiger partial charge in [0.2, 0.25) is 5.95 Å². The predicted molar refractivity (Wildman–Crippen MR) is 109 cm³/mol. The lowest BCUT2D eigenvalue weighted by molar-refractivity contribution is 0.163. The van der Waals surface area contributed by atoms with Crippen LogP contribution in [0.2, 0.25) is 0 Å². The summed E-state index contributed by atoms with van der Waals surface area (Å²) >= 11 is 0. The summed E-state index contributed by atoms with van der Waals surface area (Å²) in [6, 6.07) is 3.17. The Morgan fingerprint density at radius 1 is 1.12 bits per heavy atom. The summed E-state index contributed by atoms with van der Waals surface area (Å²) in [6.45, 7) is 11.0. The Bertz CT molecular complexity index is 532. The molecule has 0 bridgehead atoms. The van der Waals surface area contributed by atoms with Gasteiger partial charge in [0.05, 0.1) is 0 Å². The number of rotatable bonds is 4. The molecule has 2 fully saturated rings. The number of piperidine rings is 1. The van der Waals surface area contributed by atoms with Gasteiger partial charge in [-0.1, -0.05) is 13.8 Å². The van der Waals surface area contributed by atoms with E-state index in [0.717, 1.165) is 57.1 Å². The fourth-order valence-electron chi connectivity index (χ4n) is 3.79. The van der Waals surface area contributed by atoms with Crippen molar-refractivity contribution in [2.75, 3.05) is 31.1 Å². The fourth-order valence-corrected chi connectivity index (χ4v) is 3.79. The lowest BCUT2D eigenvalue weighted by atomic mass is 10.0. The second-order valence-electron chi connectivity index (χ2n) is 7.66. The highest BCUT2D eigenvalue weighted by Gasteiger charge is 2.31. The molecule has 1 aromatic heterocycles. The van der Waals surface area contributed by atoms with Gasteiger partial charge in [-0.3, -0.25) is 4.90 Å². The predicted octanol–water partition coefficient (Wildman–Crippen LogP) is 2.83.